The lowest BCUT2D eigenvalue weighted by atomic mass is 10.1. The Morgan fingerprint density at radius 1 is 1.22 bits per heavy atom. The predicted molar refractivity (Wildman–Crippen MR) is 67.3 cm³/mol. The van der Waals surface area contributed by atoms with Crippen molar-refractivity contribution in [1.29, 1.82) is 0 Å². The van der Waals surface area contributed by atoms with Gasteiger partial charge in [0, 0.05) is 6.54 Å². The minimum atomic E-state index is -0.259. The highest BCUT2D eigenvalue weighted by molar-refractivity contribution is 6.07. The Bertz CT molecular complexity index is 522. The maximum atomic E-state index is 12.2. The summed E-state index contributed by atoms with van der Waals surface area (Å²) in [4.78, 5) is 25.8. The van der Waals surface area contributed by atoms with E-state index in [0.717, 1.165) is 18.4 Å². The van der Waals surface area contributed by atoms with E-state index in [0.29, 0.717) is 12.2 Å². The number of carbonyl (C=O) groups excluding carboxylic acids is 2. The van der Waals surface area contributed by atoms with E-state index in [4.69, 9.17) is 0 Å². The first-order valence-corrected chi connectivity index (χ1v) is 6.14. The van der Waals surface area contributed by atoms with Gasteiger partial charge in [-0.3, -0.25) is 9.59 Å². The summed E-state index contributed by atoms with van der Waals surface area (Å²) in [5.74, 6) is -0.129. The monoisotopic (exact) mass is 242 g/mol. The number of hydrogen-bond donors (Lipinski definition) is 1. The van der Waals surface area contributed by atoms with Gasteiger partial charge >= 0.3 is 0 Å². The zero-order valence-electron chi connectivity index (χ0n) is 9.93. The van der Waals surface area contributed by atoms with Crippen LogP contribution in [0.4, 0.5) is 0 Å². The van der Waals surface area contributed by atoms with Gasteiger partial charge in [-0.2, -0.15) is 0 Å². The smallest absolute Gasteiger partial charge is 0.271 e. The first-order chi connectivity index (χ1) is 8.75. The lowest BCUT2D eigenvalue weighted by Crippen LogP contribution is -2.53. The molecule has 2 saturated heterocycles. The normalized spacial score (nSPS) is 25.2. The van der Waals surface area contributed by atoms with E-state index in [1.165, 1.54) is 0 Å². The van der Waals surface area contributed by atoms with Crippen LogP contribution in [-0.4, -0.2) is 29.3 Å². The Hall–Kier alpha value is -2.10. The summed E-state index contributed by atoms with van der Waals surface area (Å²) in [5.41, 5.74) is 1.29. The van der Waals surface area contributed by atoms with Gasteiger partial charge in [-0.05, 0) is 24.5 Å². The van der Waals surface area contributed by atoms with Crippen LogP contribution in [0.5, 0.6) is 0 Å². The van der Waals surface area contributed by atoms with Gasteiger partial charge in [-0.15, -0.1) is 0 Å². The number of fused-ring (bicyclic) bond motifs is 1. The Morgan fingerprint density at radius 2 is 2.00 bits per heavy atom. The van der Waals surface area contributed by atoms with Crippen molar-refractivity contribution in [1.82, 2.24) is 10.2 Å². The van der Waals surface area contributed by atoms with E-state index >= 15 is 0 Å². The van der Waals surface area contributed by atoms with Crippen molar-refractivity contribution in [3.05, 3.63) is 41.6 Å². The summed E-state index contributed by atoms with van der Waals surface area (Å²) in [5, 5.41) is 2.72. The predicted octanol–water partition coefficient (Wildman–Crippen LogP) is 1.15. The van der Waals surface area contributed by atoms with Crippen LogP contribution < -0.4 is 5.32 Å². The fourth-order valence-electron chi connectivity index (χ4n) is 2.52. The van der Waals surface area contributed by atoms with E-state index in [-0.39, 0.29) is 17.9 Å². The van der Waals surface area contributed by atoms with Crippen molar-refractivity contribution in [3.63, 3.8) is 0 Å². The third-order valence-corrected chi connectivity index (χ3v) is 3.42. The highest BCUT2D eigenvalue weighted by atomic mass is 16.2. The average molecular weight is 242 g/mol. The van der Waals surface area contributed by atoms with E-state index in [2.05, 4.69) is 5.32 Å². The molecule has 1 unspecified atom stereocenters. The number of carbonyl (C=O) groups is 2. The van der Waals surface area contributed by atoms with Gasteiger partial charge < -0.3 is 10.2 Å². The molecule has 0 spiro atoms. The molecular weight excluding hydrogens is 228 g/mol. The molecule has 3 rings (SSSR count). The molecule has 0 saturated carbocycles. The van der Waals surface area contributed by atoms with Gasteiger partial charge in [0.25, 0.3) is 5.91 Å². The van der Waals surface area contributed by atoms with Crippen molar-refractivity contribution in [2.24, 2.45) is 0 Å². The molecule has 0 aliphatic carbocycles. The number of piperazine rings is 1. The molecule has 2 heterocycles. The molecule has 2 amide bonds. The molecule has 0 radical (unpaired) electrons. The summed E-state index contributed by atoms with van der Waals surface area (Å²) in [7, 11) is 0. The maximum Gasteiger partial charge on any atom is 0.271 e. The number of nitrogens with zero attached hydrogens (tertiary/aromatic N) is 1. The maximum absolute atomic E-state index is 12.2. The number of nitrogens with one attached hydrogen (secondary N) is 1. The quantitative estimate of drug-likeness (QED) is 0.751. The van der Waals surface area contributed by atoms with Gasteiger partial charge in [0.1, 0.15) is 11.7 Å². The van der Waals surface area contributed by atoms with Gasteiger partial charge in [0.15, 0.2) is 0 Å². The van der Waals surface area contributed by atoms with Crippen molar-refractivity contribution in [3.8, 4) is 0 Å². The van der Waals surface area contributed by atoms with E-state index < -0.39 is 0 Å². The van der Waals surface area contributed by atoms with Gasteiger partial charge in [-0.1, -0.05) is 30.3 Å². The minimum Gasteiger partial charge on any atom is -0.325 e. The zero-order chi connectivity index (χ0) is 12.5. The third kappa shape index (κ3) is 1.79. The molecule has 1 atom stereocenters. The second-order valence-corrected chi connectivity index (χ2v) is 4.61. The number of rotatable bonds is 1. The summed E-state index contributed by atoms with van der Waals surface area (Å²) in [6.07, 6.45) is 3.41. The second-order valence-electron chi connectivity index (χ2n) is 4.61. The van der Waals surface area contributed by atoms with E-state index in [1.807, 2.05) is 30.3 Å². The lowest BCUT2D eigenvalue weighted by molar-refractivity contribution is -0.140. The van der Waals surface area contributed by atoms with Crippen molar-refractivity contribution >= 4 is 17.9 Å². The number of hydrogen-bond acceptors (Lipinski definition) is 2. The fraction of sp³-hybridized carbons (Fsp3) is 0.286. The van der Waals surface area contributed by atoms with Crippen LogP contribution in [0.1, 0.15) is 18.4 Å². The third-order valence-electron chi connectivity index (χ3n) is 3.42. The second kappa shape index (κ2) is 4.29. The Morgan fingerprint density at radius 3 is 2.78 bits per heavy atom. The molecule has 1 aromatic rings. The Labute approximate surface area is 105 Å². The molecular formula is C14H14N2O2. The van der Waals surface area contributed by atoms with E-state index in [9.17, 15) is 9.59 Å². The number of benzene rings is 1. The Balaban J connectivity index is 1.91. The highest BCUT2D eigenvalue weighted by Crippen LogP contribution is 2.24. The standard InChI is InChI=1S/C14H14N2O2/c17-13-12-7-4-8-16(12)14(18)11(15-13)9-10-5-2-1-3-6-10/h1-3,5-6,9,12H,4,7-8H2,(H,15,17)/b11-9-. The molecule has 0 bridgehead atoms. The van der Waals surface area contributed by atoms with Crippen LogP contribution >= 0.6 is 0 Å². The molecule has 4 heteroatoms. The van der Waals surface area contributed by atoms with Crippen LogP contribution in [0.15, 0.2) is 36.0 Å². The summed E-state index contributed by atoms with van der Waals surface area (Å²) in [6, 6.07) is 9.27. The molecule has 2 aliphatic rings. The van der Waals surface area contributed by atoms with E-state index in [1.54, 1.807) is 11.0 Å². The molecule has 1 N–H and O–H groups in total. The number of amides is 2. The summed E-state index contributed by atoms with van der Waals surface area (Å²) in [6.45, 7) is 0.684. The van der Waals surface area contributed by atoms with Crippen molar-refractivity contribution in [2.45, 2.75) is 18.9 Å². The van der Waals surface area contributed by atoms with Crippen LogP contribution in [0, 0.1) is 0 Å². The molecule has 92 valence electrons. The Kier molecular flexibility index (Phi) is 2.63. The lowest BCUT2D eigenvalue weighted by Gasteiger charge is -2.30. The molecule has 0 aromatic heterocycles. The zero-order valence-corrected chi connectivity index (χ0v) is 9.93. The minimum absolute atomic E-state index is 0.0609. The highest BCUT2D eigenvalue weighted by Gasteiger charge is 2.40. The average Bonchev–Trinajstić information content (AvgIpc) is 2.87. The molecule has 1 aromatic carbocycles. The first kappa shape index (κ1) is 11.0. The van der Waals surface area contributed by atoms with Crippen LogP contribution in [0.25, 0.3) is 6.08 Å². The van der Waals surface area contributed by atoms with Gasteiger partial charge in [0.2, 0.25) is 5.91 Å². The molecule has 4 nitrogen and oxygen atoms in total. The summed E-state index contributed by atoms with van der Waals surface area (Å²) < 4.78 is 0. The molecule has 2 aliphatic heterocycles. The molecule has 2 fully saturated rings. The van der Waals surface area contributed by atoms with Gasteiger partial charge in [-0.25, -0.2) is 0 Å². The fourth-order valence-corrected chi connectivity index (χ4v) is 2.52. The molecule has 18 heavy (non-hydrogen) atoms. The first-order valence-electron chi connectivity index (χ1n) is 6.14. The van der Waals surface area contributed by atoms with Crippen LogP contribution in [-0.2, 0) is 9.59 Å². The van der Waals surface area contributed by atoms with Crippen molar-refractivity contribution in [2.75, 3.05) is 6.54 Å². The van der Waals surface area contributed by atoms with Crippen molar-refractivity contribution < 1.29 is 9.59 Å². The van der Waals surface area contributed by atoms with Crippen LogP contribution in [0.2, 0.25) is 0 Å². The largest absolute Gasteiger partial charge is 0.325 e. The topological polar surface area (TPSA) is 49.4 Å². The van der Waals surface area contributed by atoms with Crippen LogP contribution in [0.3, 0.4) is 0 Å². The SMILES string of the molecule is O=C1N/C(=C\c2ccccc2)C(=O)N2CCCC12. The summed E-state index contributed by atoms with van der Waals surface area (Å²) >= 11 is 0. The van der Waals surface area contributed by atoms with Gasteiger partial charge in [0.05, 0.1) is 0 Å².